The van der Waals surface area contributed by atoms with Crippen LogP contribution in [0.4, 0.5) is 13.8 Å². The van der Waals surface area contributed by atoms with Crippen molar-refractivity contribution in [2.75, 3.05) is 5.32 Å². The first-order chi connectivity index (χ1) is 9.49. The van der Waals surface area contributed by atoms with Gasteiger partial charge in [-0.05, 0) is 24.8 Å². The topological polar surface area (TPSA) is 72.2 Å². The lowest BCUT2D eigenvalue weighted by Crippen LogP contribution is -2.21. The minimum absolute atomic E-state index is 0.115. The number of hydrogen-bond acceptors (Lipinski definition) is 3. The number of amides is 2. The van der Waals surface area contributed by atoms with Crippen LogP contribution >= 0.6 is 11.3 Å². The molecule has 0 spiro atoms. The summed E-state index contributed by atoms with van der Waals surface area (Å²) < 4.78 is 24.6. The predicted octanol–water partition coefficient (Wildman–Crippen LogP) is 3.10. The summed E-state index contributed by atoms with van der Waals surface area (Å²) in [5.41, 5.74) is 5.35. The van der Waals surface area contributed by atoms with Crippen molar-refractivity contribution in [1.82, 2.24) is 0 Å². The number of halogens is 2. The van der Waals surface area contributed by atoms with Gasteiger partial charge in [0.1, 0.15) is 5.00 Å². The molecule has 4 nitrogen and oxygen atoms in total. The van der Waals surface area contributed by atoms with Gasteiger partial charge >= 0.3 is 6.43 Å². The number of carbonyl (C=O) groups is 2. The second kappa shape index (κ2) is 6.30. The highest BCUT2D eigenvalue weighted by Crippen LogP contribution is 2.40. The molecule has 0 aromatic carbocycles. The number of hydrogen-bond donors (Lipinski definition) is 2. The molecule has 7 heteroatoms. The van der Waals surface area contributed by atoms with Gasteiger partial charge in [0.15, 0.2) is 0 Å². The number of nitrogens with two attached hydrogens (primary N) is 1. The first kappa shape index (κ1) is 14.9. The lowest BCUT2D eigenvalue weighted by atomic mass is 9.88. The van der Waals surface area contributed by atoms with Crippen LogP contribution in [0, 0.1) is 0 Å². The molecule has 0 unspecified atom stereocenters. The van der Waals surface area contributed by atoms with Crippen LogP contribution in [-0.4, -0.2) is 18.2 Å². The Labute approximate surface area is 119 Å². The molecule has 2 rings (SSSR count). The van der Waals surface area contributed by atoms with Crippen molar-refractivity contribution >= 4 is 28.2 Å². The lowest BCUT2D eigenvalue weighted by molar-refractivity contribution is -0.126. The normalized spacial score (nSPS) is 16.4. The van der Waals surface area contributed by atoms with Crippen molar-refractivity contribution in [2.45, 2.75) is 44.4 Å². The van der Waals surface area contributed by atoms with Gasteiger partial charge in [0.2, 0.25) is 0 Å². The summed E-state index contributed by atoms with van der Waals surface area (Å²) in [6.45, 7) is 0. The molecule has 2 amide bonds. The van der Waals surface area contributed by atoms with Crippen molar-refractivity contribution in [1.29, 1.82) is 0 Å². The van der Waals surface area contributed by atoms with Crippen LogP contribution in [0.1, 0.15) is 53.3 Å². The molecular formula is C13H16F2N2O2S. The Balaban J connectivity index is 2.23. The third-order valence-corrected chi connectivity index (χ3v) is 4.67. The maximum Gasteiger partial charge on any atom is 0.315 e. The minimum Gasteiger partial charge on any atom is -0.366 e. The quantitative estimate of drug-likeness (QED) is 0.897. The van der Waals surface area contributed by atoms with Gasteiger partial charge in [0, 0.05) is 4.88 Å². The molecular weight excluding hydrogens is 286 g/mol. The fraction of sp³-hybridized carbons (Fsp3) is 0.538. The molecule has 1 aromatic rings. The van der Waals surface area contributed by atoms with E-state index in [0.717, 1.165) is 30.6 Å². The van der Waals surface area contributed by atoms with Crippen molar-refractivity contribution in [3.05, 3.63) is 16.5 Å². The number of nitrogens with one attached hydrogen (secondary N) is 1. The molecule has 1 aliphatic carbocycles. The third kappa shape index (κ3) is 3.33. The van der Waals surface area contributed by atoms with Gasteiger partial charge in [-0.15, -0.1) is 11.3 Å². The highest BCUT2D eigenvalue weighted by molar-refractivity contribution is 7.16. The monoisotopic (exact) mass is 302 g/mol. The Morgan fingerprint density at radius 3 is 2.50 bits per heavy atom. The molecule has 0 atom stereocenters. The van der Waals surface area contributed by atoms with Gasteiger partial charge in [-0.3, -0.25) is 9.59 Å². The van der Waals surface area contributed by atoms with Crippen molar-refractivity contribution < 1.29 is 18.4 Å². The largest absolute Gasteiger partial charge is 0.366 e. The zero-order chi connectivity index (χ0) is 14.7. The zero-order valence-corrected chi connectivity index (χ0v) is 11.6. The Morgan fingerprint density at radius 2 is 1.95 bits per heavy atom. The van der Waals surface area contributed by atoms with E-state index in [-0.39, 0.29) is 10.6 Å². The van der Waals surface area contributed by atoms with E-state index in [0.29, 0.717) is 5.92 Å². The van der Waals surface area contributed by atoms with Crippen LogP contribution in [0.25, 0.3) is 0 Å². The van der Waals surface area contributed by atoms with Crippen molar-refractivity contribution in [3.63, 3.8) is 0 Å². The van der Waals surface area contributed by atoms with Crippen LogP contribution < -0.4 is 11.1 Å². The van der Waals surface area contributed by atoms with Gasteiger partial charge in [-0.1, -0.05) is 19.3 Å². The Morgan fingerprint density at radius 1 is 1.30 bits per heavy atom. The molecule has 1 aliphatic rings. The number of primary amides is 1. The molecule has 110 valence electrons. The van der Waals surface area contributed by atoms with Gasteiger partial charge < -0.3 is 11.1 Å². The van der Waals surface area contributed by atoms with Gasteiger partial charge in [0.05, 0.1) is 5.56 Å². The summed E-state index contributed by atoms with van der Waals surface area (Å²) in [6.07, 6.45) is 2.35. The lowest BCUT2D eigenvalue weighted by Gasteiger charge is -2.19. The Bertz CT molecular complexity index is 510. The SMILES string of the molecule is NC(=O)c1cc(C2CCCCC2)sc1NC(=O)C(F)F. The maximum atomic E-state index is 12.3. The molecule has 0 radical (unpaired) electrons. The number of rotatable bonds is 4. The number of anilines is 1. The summed E-state index contributed by atoms with van der Waals surface area (Å²) in [5, 5.41) is 2.21. The van der Waals surface area contributed by atoms with Crippen LogP contribution in [0.5, 0.6) is 0 Å². The van der Waals surface area contributed by atoms with E-state index >= 15 is 0 Å². The molecule has 1 heterocycles. The highest BCUT2D eigenvalue weighted by atomic mass is 32.1. The van der Waals surface area contributed by atoms with Crippen LogP contribution in [-0.2, 0) is 4.79 Å². The summed E-state index contributed by atoms with van der Waals surface area (Å²) in [7, 11) is 0. The Kier molecular flexibility index (Phi) is 4.69. The van der Waals surface area contributed by atoms with Crippen LogP contribution in [0.2, 0.25) is 0 Å². The highest BCUT2D eigenvalue weighted by Gasteiger charge is 2.24. The summed E-state index contributed by atoms with van der Waals surface area (Å²) >= 11 is 1.17. The zero-order valence-electron chi connectivity index (χ0n) is 10.8. The molecule has 1 fully saturated rings. The molecule has 20 heavy (non-hydrogen) atoms. The van der Waals surface area contributed by atoms with E-state index in [1.165, 1.54) is 17.8 Å². The van der Waals surface area contributed by atoms with Gasteiger partial charge in [-0.25, -0.2) is 0 Å². The van der Waals surface area contributed by atoms with E-state index in [9.17, 15) is 18.4 Å². The molecule has 0 bridgehead atoms. The minimum atomic E-state index is -3.11. The van der Waals surface area contributed by atoms with E-state index in [2.05, 4.69) is 5.32 Å². The number of alkyl halides is 2. The van der Waals surface area contributed by atoms with E-state index in [4.69, 9.17) is 5.73 Å². The van der Waals surface area contributed by atoms with Crippen molar-refractivity contribution in [3.8, 4) is 0 Å². The average molecular weight is 302 g/mol. The van der Waals surface area contributed by atoms with E-state index < -0.39 is 18.2 Å². The first-order valence-electron chi connectivity index (χ1n) is 6.51. The first-order valence-corrected chi connectivity index (χ1v) is 7.33. The molecule has 0 aliphatic heterocycles. The van der Waals surface area contributed by atoms with Gasteiger partial charge in [0.25, 0.3) is 11.8 Å². The second-order valence-electron chi connectivity index (χ2n) is 4.88. The standard InChI is InChI=1S/C13H16F2N2O2S/c14-10(15)12(19)17-13-8(11(16)18)6-9(20-13)7-4-2-1-3-5-7/h6-7,10H,1-5H2,(H2,16,18)(H,17,19). The summed E-state index contributed by atoms with van der Waals surface area (Å²) in [6, 6.07) is 1.63. The van der Waals surface area contributed by atoms with E-state index in [1.54, 1.807) is 6.07 Å². The molecule has 0 saturated heterocycles. The second-order valence-corrected chi connectivity index (χ2v) is 5.96. The van der Waals surface area contributed by atoms with E-state index in [1.807, 2.05) is 0 Å². The summed E-state index contributed by atoms with van der Waals surface area (Å²) in [5.74, 6) is -1.80. The number of carbonyl (C=O) groups excluding carboxylic acids is 2. The predicted molar refractivity (Wildman–Crippen MR) is 73.3 cm³/mol. The summed E-state index contributed by atoms with van der Waals surface area (Å²) in [4.78, 5) is 23.4. The van der Waals surface area contributed by atoms with Crippen LogP contribution in [0.3, 0.4) is 0 Å². The van der Waals surface area contributed by atoms with Crippen LogP contribution in [0.15, 0.2) is 6.07 Å². The third-order valence-electron chi connectivity index (χ3n) is 3.46. The smallest absolute Gasteiger partial charge is 0.315 e. The Hall–Kier alpha value is -1.50. The molecule has 3 N–H and O–H groups in total. The molecule has 1 saturated carbocycles. The maximum absolute atomic E-state index is 12.3. The average Bonchev–Trinajstić information content (AvgIpc) is 2.83. The van der Waals surface area contributed by atoms with Crippen molar-refractivity contribution in [2.24, 2.45) is 5.73 Å². The van der Waals surface area contributed by atoms with Gasteiger partial charge in [-0.2, -0.15) is 8.78 Å². The molecule has 1 aromatic heterocycles. The number of thiophene rings is 1. The fourth-order valence-electron chi connectivity index (χ4n) is 2.44. The fourth-order valence-corrected chi connectivity index (χ4v) is 3.68.